The lowest BCUT2D eigenvalue weighted by atomic mass is 10.5. The molecule has 9 heavy (non-hydrogen) atoms. The molecule has 0 atom stereocenters. The third-order valence-corrected chi connectivity index (χ3v) is 0.968. The van der Waals surface area contributed by atoms with Gasteiger partial charge in [0.25, 0.3) is 0 Å². The van der Waals surface area contributed by atoms with Crippen molar-refractivity contribution in [3.8, 4) is 0 Å². The Hall–Kier alpha value is -1.19. The maximum absolute atomic E-state index is 7.97. The lowest BCUT2D eigenvalue weighted by molar-refractivity contribution is 0.346. The highest BCUT2D eigenvalue weighted by atomic mass is 15.6. The molecule has 0 spiro atoms. The van der Waals surface area contributed by atoms with Gasteiger partial charge in [-0.05, 0) is 11.3 Å². The molecule has 0 amide bonds. The minimum Gasteiger partial charge on any atom is -0.277 e. The number of nitrogens with zero attached hydrogens (tertiary/aromatic N) is 4. The van der Waals surface area contributed by atoms with Crippen LogP contribution in [0.5, 0.6) is 0 Å². The van der Waals surface area contributed by atoms with Gasteiger partial charge in [-0.15, -0.1) is 5.53 Å². The molecule has 1 rings (SSSR count). The molecule has 0 radical (unpaired) electrons. The zero-order chi connectivity index (χ0) is 6.53. The molecule has 0 unspecified atom stereocenters. The molecule has 0 saturated carbocycles. The second-order valence-electron chi connectivity index (χ2n) is 1.62. The van der Waals surface area contributed by atoms with Crippen LogP contribution >= 0.6 is 0 Å². The molecular formula is C4H7N5. The lowest BCUT2D eigenvalue weighted by Gasteiger charge is -2.12. The van der Waals surface area contributed by atoms with E-state index < -0.39 is 0 Å². The van der Waals surface area contributed by atoms with Crippen LogP contribution in [-0.4, -0.2) is 18.2 Å². The van der Waals surface area contributed by atoms with Gasteiger partial charge in [-0.25, -0.2) is 5.01 Å². The molecule has 0 fully saturated rings. The maximum atomic E-state index is 7.97. The van der Waals surface area contributed by atoms with Gasteiger partial charge in [0.15, 0.2) is 0 Å². The van der Waals surface area contributed by atoms with Crippen molar-refractivity contribution in [1.29, 1.82) is 0 Å². The van der Waals surface area contributed by atoms with Gasteiger partial charge in [-0.1, -0.05) is 0 Å². The van der Waals surface area contributed by atoms with Crippen molar-refractivity contribution in [1.82, 2.24) is 10.3 Å². The number of rotatable bonds is 1. The summed E-state index contributed by atoms with van der Waals surface area (Å²) in [6.07, 6.45) is 3.63. The Morgan fingerprint density at radius 2 is 2.67 bits per heavy atom. The fraction of sp³-hybridized carbons (Fsp3) is 0.500. The molecule has 0 aromatic heterocycles. The van der Waals surface area contributed by atoms with Gasteiger partial charge in [-0.3, -0.25) is 5.32 Å². The summed E-state index contributed by atoms with van der Waals surface area (Å²) in [7, 11) is 0. The zero-order valence-corrected chi connectivity index (χ0v) is 4.86. The first-order valence-electron chi connectivity index (χ1n) is 2.62. The SMILES string of the molecule is [N-]=[N+]=NN1C=CCNC1. The number of azide groups is 1. The molecule has 0 bridgehead atoms. The van der Waals surface area contributed by atoms with Crippen LogP contribution in [0, 0.1) is 0 Å². The predicted molar refractivity (Wildman–Crippen MR) is 33.0 cm³/mol. The van der Waals surface area contributed by atoms with Crippen LogP contribution in [0.4, 0.5) is 0 Å². The highest BCUT2D eigenvalue weighted by Crippen LogP contribution is 1.92. The van der Waals surface area contributed by atoms with Crippen molar-refractivity contribution < 1.29 is 0 Å². The fourth-order valence-corrected chi connectivity index (χ4v) is 0.602. The average Bonchev–Trinajstić information content (AvgIpc) is 1.91. The molecule has 1 aliphatic heterocycles. The summed E-state index contributed by atoms with van der Waals surface area (Å²) in [4.78, 5) is 2.62. The zero-order valence-electron chi connectivity index (χ0n) is 4.86. The van der Waals surface area contributed by atoms with E-state index >= 15 is 0 Å². The third kappa shape index (κ3) is 1.64. The summed E-state index contributed by atoms with van der Waals surface area (Å²) in [6, 6.07) is 0. The van der Waals surface area contributed by atoms with Crippen LogP contribution in [0.1, 0.15) is 0 Å². The van der Waals surface area contributed by atoms with Crippen LogP contribution in [0.15, 0.2) is 17.5 Å². The first-order chi connectivity index (χ1) is 4.43. The summed E-state index contributed by atoms with van der Waals surface area (Å²) in [6.45, 7) is 1.44. The van der Waals surface area contributed by atoms with Crippen LogP contribution in [0.2, 0.25) is 0 Å². The van der Waals surface area contributed by atoms with Gasteiger partial charge in [0.05, 0.1) is 6.20 Å². The van der Waals surface area contributed by atoms with Crippen molar-refractivity contribution in [2.75, 3.05) is 13.2 Å². The average molecular weight is 125 g/mol. The number of hydrogen-bond acceptors (Lipinski definition) is 2. The predicted octanol–water partition coefficient (Wildman–Crippen LogP) is 0.588. The van der Waals surface area contributed by atoms with Crippen molar-refractivity contribution in [3.05, 3.63) is 22.7 Å². The van der Waals surface area contributed by atoms with Crippen LogP contribution in [-0.2, 0) is 0 Å². The Bertz CT molecular complexity index is 156. The minimum absolute atomic E-state index is 0.598. The van der Waals surface area contributed by atoms with Crippen LogP contribution < -0.4 is 5.32 Å². The second-order valence-corrected chi connectivity index (χ2v) is 1.62. The Kier molecular flexibility index (Phi) is 1.95. The standard InChI is InChI=1S/C4H7N5/c5-7-8-9-3-1-2-6-4-9/h1,3,6H,2,4H2. The first-order valence-corrected chi connectivity index (χ1v) is 2.62. The largest absolute Gasteiger partial charge is 0.277 e. The lowest BCUT2D eigenvalue weighted by Crippen LogP contribution is -2.30. The highest BCUT2D eigenvalue weighted by Gasteiger charge is 2.00. The molecule has 5 nitrogen and oxygen atoms in total. The molecule has 0 aromatic rings. The Balaban J connectivity index is 2.49. The topological polar surface area (TPSA) is 64.0 Å². The van der Waals surface area contributed by atoms with Gasteiger partial charge >= 0.3 is 0 Å². The highest BCUT2D eigenvalue weighted by molar-refractivity contribution is 4.86. The molecule has 48 valence electrons. The van der Waals surface area contributed by atoms with Crippen molar-refractivity contribution in [2.24, 2.45) is 5.22 Å². The van der Waals surface area contributed by atoms with Gasteiger partial charge in [-0.2, -0.15) is 4.91 Å². The van der Waals surface area contributed by atoms with E-state index in [4.69, 9.17) is 5.53 Å². The molecule has 5 heteroatoms. The molecule has 0 aromatic carbocycles. The van der Waals surface area contributed by atoms with Crippen molar-refractivity contribution >= 4 is 0 Å². The van der Waals surface area contributed by atoms with Crippen molar-refractivity contribution in [3.63, 3.8) is 0 Å². The van der Waals surface area contributed by atoms with Gasteiger partial charge in [0, 0.05) is 6.54 Å². The van der Waals surface area contributed by atoms with E-state index in [1.165, 1.54) is 5.01 Å². The summed E-state index contributed by atoms with van der Waals surface area (Å²) < 4.78 is 0. The number of hydrogen-bond donors (Lipinski definition) is 1. The van der Waals surface area contributed by atoms with E-state index in [0.717, 1.165) is 6.54 Å². The smallest absolute Gasteiger partial charge is 0.146 e. The Morgan fingerprint density at radius 1 is 1.78 bits per heavy atom. The van der Waals surface area contributed by atoms with E-state index in [1.54, 1.807) is 6.20 Å². The monoisotopic (exact) mass is 125 g/mol. The van der Waals surface area contributed by atoms with E-state index in [1.807, 2.05) is 6.08 Å². The summed E-state index contributed by atoms with van der Waals surface area (Å²) in [5.74, 6) is 0. The Morgan fingerprint density at radius 3 is 3.22 bits per heavy atom. The molecule has 0 saturated heterocycles. The Labute approximate surface area is 52.6 Å². The normalized spacial score (nSPS) is 17.1. The van der Waals surface area contributed by atoms with Crippen LogP contribution in [0.25, 0.3) is 10.4 Å². The molecule has 1 N–H and O–H groups in total. The van der Waals surface area contributed by atoms with Crippen LogP contribution in [0.3, 0.4) is 0 Å². The van der Waals surface area contributed by atoms with Crippen molar-refractivity contribution in [2.45, 2.75) is 0 Å². The van der Waals surface area contributed by atoms with Gasteiger partial charge in [0.1, 0.15) is 6.67 Å². The van der Waals surface area contributed by atoms with E-state index in [9.17, 15) is 0 Å². The maximum Gasteiger partial charge on any atom is 0.146 e. The molecule has 1 heterocycles. The number of nitrogens with one attached hydrogen (secondary N) is 1. The third-order valence-electron chi connectivity index (χ3n) is 0.968. The van der Waals surface area contributed by atoms with Gasteiger partial charge < -0.3 is 0 Å². The summed E-state index contributed by atoms with van der Waals surface area (Å²) in [5, 5.41) is 7.83. The summed E-state index contributed by atoms with van der Waals surface area (Å²) >= 11 is 0. The van der Waals surface area contributed by atoms with E-state index in [0.29, 0.717) is 6.67 Å². The molecule has 1 aliphatic rings. The first kappa shape index (κ1) is 5.94. The quantitative estimate of drug-likeness (QED) is 0.316. The second kappa shape index (κ2) is 2.96. The van der Waals surface area contributed by atoms with Gasteiger partial charge in [0.2, 0.25) is 0 Å². The fourth-order valence-electron chi connectivity index (χ4n) is 0.602. The van der Waals surface area contributed by atoms with E-state index in [-0.39, 0.29) is 0 Å². The summed E-state index contributed by atoms with van der Waals surface area (Å²) in [5.41, 5.74) is 7.97. The molecule has 0 aliphatic carbocycles. The van der Waals surface area contributed by atoms with E-state index in [2.05, 4.69) is 15.5 Å². The molecular weight excluding hydrogens is 118 g/mol. The minimum atomic E-state index is 0.598.